The van der Waals surface area contributed by atoms with Gasteiger partial charge in [-0.3, -0.25) is 9.59 Å². The predicted molar refractivity (Wildman–Crippen MR) is 74.3 cm³/mol. The summed E-state index contributed by atoms with van der Waals surface area (Å²) in [5.74, 6) is -1.01. The van der Waals surface area contributed by atoms with Crippen LogP contribution in [0.1, 0.15) is 12.8 Å². The molecule has 0 radical (unpaired) electrons. The number of carboxylic acid groups (broad SMARTS) is 1. The molecule has 1 fully saturated rings. The second kappa shape index (κ2) is 6.33. The van der Waals surface area contributed by atoms with Crippen molar-refractivity contribution in [3.8, 4) is 5.75 Å². The molecule has 1 aliphatic rings. The average molecular weight is 318 g/mol. The molecule has 5 nitrogen and oxygen atoms in total. The van der Waals surface area contributed by atoms with E-state index in [0.717, 1.165) is 12.8 Å². The number of carbonyl (C=O) groups excluding carboxylic acids is 1. The quantitative estimate of drug-likeness (QED) is 0.875. The van der Waals surface area contributed by atoms with Gasteiger partial charge in [-0.1, -0.05) is 23.2 Å². The number of hydrogen-bond acceptors (Lipinski definition) is 3. The summed E-state index contributed by atoms with van der Waals surface area (Å²) < 4.78 is 5.32. The molecule has 20 heavy (non-hydrogen) atoms. The summed E-state index contributed by atoms with van der Waals surface area (Å²) in [5.41, 5.74) is 0. The Kier molecular flexibility index (Phi) is 4.73. The van der Waals surface area contributed by atoms with E-state index in [4.69, 9.17) is 33.0 Å². The Morgan fingerprint density at radius 2 is 1.85 bits per heavy atom. The number of nitrogens with zero attached hydrogens (tertiary/aromatic N) is 1. The van der Waals surface area contributed by atoms with E-state index in [0.29, 0.717) is 15.8 Å². The third-order valence-electron chi connectivity index (χ3n) is 2.81. The second-order valence-corrected chi connectivity index (χ2v) is 5.41. The maximum atomic E-state index is 12.0. The largest absolute Gasteiger partial charge is 0.484 e. The first-order valence-electron chi connectivity index (χ1n) is 6.06. The summed E-state index contributed by atoms with van der Waals surface area (Å²) in [6.07, 6.45) is 1.67. The fourth-order valence-corrected chi connectivity index (χ4v) is 2.30. The van der Waals surface area contributed by atoms with E-state index >= 15 is 0 Å². The third-order valence-corrected chi connectivity index (χ3v) is 3.25. The highest BCUT2D eigenvalue weighted by atomic mass is 35.5. The van der Waals surface area contributed by atoms with Crippen LogP contribution in [0.4, 0.5) is 0 Å². The van der Waals surface area contributed by atoms with Crippen molar-refractivity contribution < 1.29 is 19.4 Å². The molecule has 0 bridgehead atoms. The van der Waals surface area contributed by atoms with Crippen LogP contribution in [0.3, 0.4) is 0 Å². The van der Waals surface area contributed by atoms with E-state index in [1.54, 1.807) is 18.2 Å². The molecular formula is C13H13Cl2NO4. The number of carbonyl (C=O) groups is 2. The molecule has 1 aromatic carbocycles. The summed E-state index contributed by atoms with van der Waals surface area (Å²) in [7, 11) is 0. The van der Waals surface area contributed by atoms with Crippen molar-refractivity contribution in [1.29, 1.82) is 0 Å². The molecular weight excluding hydrogens is 305 g/mol. The molecule has 1 aliphatic carbocycles. The number of amides is 1. The lowest BCUT2D eigenvalue weighted by Crippen LogP contribution is -2.40. The maximum absolute atomic E-state index is 12.0. The number of carboxylic acids is 1. The minimum absolute atomic E-state index is 0.0187. The van der Waals surface area contributed by atoms with Gasteiger partial charge < -0.3 is 14.7 Å². The zero-order valence-electron chi connectivity index (χ0n) is 10.5. The smallest absolute Gasteiger partial charge is 0.323 e. The predicted octanol–water partition coefficient (Wildman–Crippen LogP) is 2.45. The van der Waals surface area contributed by atoms with Crippen molar-refractivity contribution in [2.75, 3.05) is 13.2 Å². The van der Waals surface area contributed by atoms with Gasteiger partial charge in [0.25, 0.3) is 5.91 Å². The van der Waals surface area contributed by atoms with Gasteiger partial charge in [-0.2, -0.15) is 0 Å². The molecule has 2 rings (SSSR count). The van der Waals surface area contributed by atoms with Crippen LogP contribution in [0.15, 0.2) is 18.2 Å². The molecule has 0 heterocycles. The monoisotopic (exact) mass is 317 g/mol. The van der Waals surface area contributed by atoms with Crippen LogP contribution < -0.4 is 4.74 Å². The van der Waals surface area contributed by atoms with E-state index in [-0.39, 0.29) is 25.1 Å². The Bertz CT molecular complexity index is 511. The van der Waals surface area contributed by atoms with Crippen molar-refractivity contribution in [3.63, 3.8) is 0 Å². The lowest BCUT2D eigenvalue weighted by molar-refractivity contribution is -0.145. The molecule has 0 saturated heterocycles. The van der Waals surface area contributed by atoms with Crippen LogP contribution in [0.25, 0.3) is 0 Å². The van der Waals surface area contributed by atoms with Gasteiger partial charge in [0, 0.05) is 16.1 Å². The minimum atomic E-state index is -1.03. The average Bonchev–Trinajstić information content (AvgIpc) is 3.15. The summed E-state index contributed by atoms with van der Waals surface area (Å²) in [4.78, 5) is 24.0. The number of halogens is 2. The summed E-state index contributed by atoms with van der Waals surface area (Å²) in [6, 6.07) is 4.66. The standard InChI is InChI=1S/C13H13Cl2NO4/c14-8-3-9(15)5-11(4-8)20-7-12(17)16(6-13(18)19)10-1-2-10/h3-5,10H,1-2,6-7H2,(H,18,19). The first-order valence-corrected chi connectivity index (χ1v) is 6.81. The second-order valence-electron chi connectivity index (χ2n) is 4.54. The van der Waals surface area contributed by atoms with Crippen molar-refractivity contribution in [2.24, 2.45) is 0 Å². The summed E-state index contributed by atoms with van der Waals surface area (Å²) in [5, 5.41) is 9.61. The molecule has 1 saturated carbocycles. The molecule has 0 unspecified atom stereocenters. The molecule has 1 N–H and O–H groups in total. The van der Waals surface area contributed by atoms with Gasteiger partial charge in [0.1, 0.15) is 12.3 Å². The van der Waals surface area contributed by atoms with Gasteiger partial charge in [-0.15, -0.1) is 0 Å². The van der Waals surface area contributed by atoms with Gasteiger partial charge in [-0.05, 0) is 31.0 Å². The molecule has 7 heteroatoms. The topological polar surface area (TPSA) is 66.8 Å². The normalized spacial score (nSPS) is 13.9. The van der Waals surface area contributed by atoms with Gasteiger partial charge >= 0.3 is 5.97 Å². The molecule has 0 atom stereocenters. The van der Waals surface area contributed by atoms with Crippen molar-refractivity contribution in [2.45, 2.75) is 18.9 Å². The van der Waals surface area contributed by atoms with Crippen LogP contribution in [0.2, 0.25) is 10.0 Å². The van der Waals surface area contributed by atoms with Crippen molar-refractivity contribution >= 4 is 35.1 Å². The Balaban J connectivity index is 1.94. The molecule has 108 valence electrons. The summed E-state index contributed by atoms with van der Waals surface area (Å²) >= 11 is 11.6. The highest BCUT2D eigenvalue weighted by molar-refractivity contribution is 6.34. The fraction of sp³-hybridized carbons (Fsp3) is 0.385. The fourth-order valence-electron chi connectivity index (χ4n) is 1.79. The zero-order chi connectivity index (χ0) is 14.7. The lowest BCUT2D eigenvalue weighted by Gasteiger charge is -2.20. The Morgan fingerprint density at radius 1 is 1.25 bits per heavy atom. The zero-order valence-corrected chi connectivity index (χ0v) is 12.0. The number of benzene rings is 1. The molecule has 0 aliphatic heterocycles. The Morgan fingerprint density at radius 3 is 2.35 bits per heavy atom. The highest BCUT2D eigenvalue weighted by Gasteiger charge is 2.33. The van der Waals surface area contributed by atoms with Crippen LogP contribution in [0.5, 0.6) is 5.75 Å². The first-order chi connectivity index (χ1) is 9.45. The Labute approximate surface area is 126 Å². The number of aliphatic carboxylic acids is 1. The number of hydrogen-bond donors (Lipinski definition) is 1. The van der Waals surface area contributed by atoms with Gasteiger partial charge in [0.15, 0.2) is 6.61 Å². The molecule has 0 aromatic heterocycles. The lowest BCUT2D eigenvalue weighted by atomic mass is 10.3. The molecule has 1 amide bonds. The van der Waals surface area contributed by atoms with Gasteiger partial charge in [0.05, 0.1) is 0 Å². The van der Waals surface area contributed by atoms with Crippen LogP contribution >= 0.6 is 23.2 Å². The first kappa shape index (κ1) is 14.9. The molecule has 1 aromatic rings. The van der Waals surface area contributed by atoms with Crippen molar-refractivity contribution in [3.05, 3.63) is 28.2 Å². The van der Waals surface area contributed by atoms with E-state index in [9.17, 15) is 9.59 Å². The van der Waals surface area contributed by atoms with E-state index in [1.807, 2.05) is 0 Å². The van der Waals surface area contributed by atoms with E-state index in [1.165, 1.54) is 4.90 Å². The molecule has 0 spiro atoms. The van der Waals surface area contributed by atoms with Crippen molar-refractivity contribution in [1.82, 2.24) is 4.90 Å². The van der Waals surface area contributed by atoms with Crippen LogP contribution in [-0.4, -0.2) is 41.1 Å². The number of rotatable bonds is 6. The highest BCUT2D eigenvalue weighted by Crippen LogP contribution is 2.27. The van der Waals surface area contributed by atoms with Gasteiger partial charge in [0.2, 0.25) is 0 Å². The van der Waals surface area contributed by atoms with E-state index < -0.39 is 5.97 Å². The van der Waals surface area contributed by atoms with Crippen LogP contribution in [0, 0.1) is 0 Å². The van der Waals surface area contributed by atoms with Gasteiger partial charge in [-0.25, -0.2) is 0 Å². The number of ether oxygens (including phenoxy) is 1. The SMILES string of the molecule is O=C(O)CN(C(=O)COc1cc(Cl)cc(Cl)c1)C1CC1. The van der Waals surface area contributed by atoms with Crippen LogP contribution in [-0.2, 0) is 9.59 Å². The minimum Gasteiger partial charge on any atom is -0.484 e. The Hall–Kier alpha value is -1.46. The van der Waals surface area contributed by atoms with E-state index in [2.05, 4.69) is 0 Å². The third kappa shape index (κ3) is 4.28. The maximum Gasteiger partial charge on any atom is 0.323 e. The summed E-state index contributed by atoms with van der Waals surface area (Å²) in [6.45, 7) is -0.538.